The molecular weight excluding hydrogens is 348 g/mol. The number of hydrogen-bond donors (Lipinski definition) is 0. The molecule has 0 aromatic rings. The fraction of sp³-hybridized carbons (Fsp3) is 1.00. The average Bonchev–Trinajstić information content (AvgIpc) is 3.03. The SMILES string of the molecule is CC(C)[C@H](C)CCC(C)[C@H]1CCC2C3CCC4C[C@@H](C)CC[C@]4(C)C3CC[C@@]21C. The summed E-state index contributed by atoms with van der Waals surface area (Å²) in [5.74, 6) is 8.88. The highest BCUT2D eigenvalue weighted by Crippen LogP contribution is 2.68. The Balaban J connectivity index is 1.46. The molecule has 0 amide bonds. The molecule has 4 aliphatic carbocycles. The average molecular weight is 401 g/mol. The van der Waals surface area contributed by atoms with Gasteiger partial charge in [-0.15, -0.1) is 0 Å². The number of hydrogen-bond acceptors (Lipinski definition) is 0. The largest absolute Gasteiger partial charge is 0.0625 e. The van der Waals surface area contributed by atoms with Crippen LogP contribution in [0.1, 0.15) is 119 Å². The van der Waals surface area contributed by atoms with Gasteiger partial charge in [0.15, 0.2) is 0 Å². The lowest BCUT2D eigenvalue weighted by molar-refractivity contribution is -0.120. The standard InChI is InChI=1S/C29H52/c1-19(2)21(4)8-9-22(5)25-12-13-26-24-11-10-23-18-20(3)14-16-28(23,6)27(24)15-17-29(25,26)7/h19-27H,8-18H2,1-7H3/t20-,21+,22?,23?,24?,25+,26?,27?,28-,29+/m0/s1. The molecule has 0 N–H and O–H groups in total. The predicted molar refractivity (Wildman–Crippen MR) is 127 cm³/mol. The summed E-state index contributed by atoms with van der Waals surface area (Å²) < 4.78 is 0. The van der Waals surface area contributed by atoms with Gasteiger partial charge in [-0.1, -0.05) is 67.7 Å². The second kappa shape index (κ2) is 8.16. The summed E-state index contributed by atoms with van der Waals surface area (Å²) in [6.45, 7) is 17.9. The van der Waals surface area contributed by atoms with Crippen LogP contribution in [-0.4, -0.2) is 0 Å². The Morgan fingerprint density at radius 1 is 0.759 bits per heavy atom. The first kappa shape index (κ1) is 22.2. The van der Waals surface area contributed by atoms with E-state index in [9.17, 15) is 0 Å². The molecule has 4 fully saturated rings. The summed E-state index contributed by atoms with van der Waals surface area (Å²) in [6.07, 6.45) is 16.8. The van der Waals surface area contributed by atoms with Crippen molar-refractivity contribution >= 4 is 0 Å². The highest BCUT2D eigenvalue weighted by atomic mass is 14.6. The van der Waals surface area contributed by atoms with E-state index in [0.29, 0.717) is 10.8 Å². The zero-order valence-corrected chi connectivity index (χ0v) is 21.0. The first-order valence-corrected chi connectivity index (χ1v) is 13.7. The maximum Gasteiger partial charge on any atom is -0.0264 e. The van der Waals surface area contributed by atoms with Gasteiger partial charge in [-0.2, -0.15) is 0 Å². The molecule has 0 radical (unpaired) electrons. The quantitative estimate of drug-likeness (QED) is 0.432. The van der Waals surface area contributed by atoms with Crippen LogP contribution in [0.25, 0.3) is 0 Å². The van der Waals surface area contributed by atoms with Crippen LogP contribution in [0.3, 0.4) is 0 Å². The zero-order valence-electron chi connectivity index (χ0n) is 21.0. The first-order valence-electron chi connectivity index (χ1n) is 13.7. The van der Waals surface area contributed by atoms with Crippen LogP contribution >= 0.6 is 0 Å². The summed E-state index contributed by atoms with van der Waals surface area (Å²) in [5, 5.41) is 0. The van der Waals surface area contributed by atoms with Crippen LogP contribution in [0.4, 0.5) is 0 Å². The Bertz CT molecular complexity index is 562. The van der Waals surface area contributed by atoms with E-state index in [4.69, 9.17) is 0 Å². The molecule has 29 heavy (non-hydrogen) atoms. The molecule has 0 bridgehead atoms. The Morgan fingerprint density at radius 3 is 2.17 bits per heavy atom. The molecule has 0 aromatic carbocycles. The summed E-state index contributed by atoms with van der Waals surface area (Å²) in [5.41, 5.74) is 1.35. The van der Waals surface area contributed by atoms with Gasteiger partial charge in [0, 0.05) is 0 Å². The highest BCUT2D eigenvalue weighted by molar-refractivity contribution is 5.09. The Hall–Kier alpha value is 0. The zero-order chi connectivity index (χ0) is 21.0. The Morgan fingerprint density at radius 2 is 1.45 bits per heavy atom. The lowest BCUT2D eigenvalue weighted by Gasteiger charge is -2.61. The van der Waals surface area contributed by atoms with Gasteiger partial charge in [-0.25, -0.2) is 0 Å². The summed E-state index contributed by atoms with van der Waals surface area (Å²) in [7, 11) is 0. The topological polar surface area (TPSA) is 0 Å². The van der Waals surface area contributed by atoms with Gasteiger partial charge in [0.25, 0.3) is 0 Å². The van der Waals surface area contributed by atoms with E-state index in [0.717, 1.165) is 53.3 Å². The van der Waals surface area contributed by atoms with Crippen molar-refractivity contribution < 1.29 is 0 Å². The van der Waals surface area contributed by atoms with Gasteiger partial charge >= 0.3 is 0 Å². The molecule has 0 aromatic heterocycles. The molecule has 0 heteroatoms. The summed E-state index contributed by atoms with van der Waals surface area (Å²) in [6, 6.07) is 0. The third-order valence-corrected chi connectivity index (χ3v) is 11.9. The van der Waals surface area contributed by atoms with Crippen molar-refractivity contribution in [1.29, 1.82) is 0 Å². The van der Waals surface area contributed by atoms with Gasteiger partial charge in [0.2, 0.25) is 0 Å². The van der Waals surface area contributed by atoms with E-state index in [1.165, 1.54) is 32.1 Å². The van der Waals surface area contributed by atoms with E-state index in [-0.39, 0.29) is 0 Å². The fourth-order valence-corrected chi connectivity index (χ4v) is 9.51. The summed E-state index contributed by atoms with van der Waals surface area (Å²) in [4.78, 5) is 0. The minimum atomic E-state index is 0.660. The molecule has 5 unspecified atom stereocenters. The Labute approximate surface area is 183 Å². The second-order valence-electron chi connectivity index (χ2n) is 13.5. The van der Waals surface area contributed by atoms with Crippen LogP contribution in [0.2, 0.25) is 0 Å². The van der Waals surface area contributed by atoms with Gasteiger partial charge in [0.05, 0.1) is 0 Å². The minimum absolute atomic E-state index is 0.660. The molecule has 0 heterocycles. The predicted octanol–water partition coefficient (Wildman–Crippen LogP) is 8.99. The molecule has 168 valence electrons. The van der Waals surface area contributed by atoms with E-state index in [1.54, 1.807) is 38.5 Å². The number of rotatable bonds is 5. The molecule has 0 saturated heterocycles. The molecule has 10 atom stereocenters. The van der Waals surface area contributed by atoms with Crippen molar-refractivity contribution in [2.75, 3.05) is 0 Å². The van der Waals surface area contributed by atoms with Gasteiger partial charge in [0.1, 0.15) is 0 Å². The monoisotopic (exact) mass is 400 g/mol. The first-order chi connectivity index (χ1) is 13.7. The molecule has 4 rings (SSSR count). The molecular formula is C29H52. The van der Waals surface area contributed by atoms with Crippen LogP contribution in [0.5, 0.6) is 0 Å². The molecule has 0 nitrogen and oxygen atoms in total. The van der Waals surface area contributed by atoms with E-state index < -0.39 is 0 Å². The Kier molecular flexibility index (Phi) is 6.25. The van der Waals surface area contributed by atoms with Crippen molar-refractivity contribution in [3.8, 4) is 0 Å². The molecule has 0 aliphatic heterocycles. The number of fused-ring (bicyclic) bond motifs is 5. The van der Waals surface area contributed by atoms with E-state index in [1.807, 2.05) is 0 Å². The molecule has 4 aliphatic rings. The maximum atomic E-state index is 2.76. The fourth-order valence-electron chi connectivity index (χ4n) is 9.51. The van der Waals surface area contributed by atoms with Crippen LogP contribution < -0.4 is 0 Å². The van der Waals surface area contributed by atoms with Crippen molar-refractivity contribution in [1.82, 2.24) is 0 Å². The van der Waals surface area contributed by atoms with Gasteiger partial charge in [-0.3, -0.25) is 0 Å². The summed E-state index contributed by atoms with van der Waals surface area (Å²) >= 11 is 0. The lowest BCUT2D eigenvalue weighted by atomic mass is 9.44. The third kappa shape index (κ3) is 3.75. The van der Waals surface area contributed by atoms with Crippen molar-refractivity contribution in [2.45, 2.75) is 119 Å². The smallest absolute Gasteiger partial charge is 0.0264 e. The minimum Gasteiger partial charge on any atom is -0.0625 e. The van der Waals surface area contributed by atoms with Crippen molar-refractivity contribution in [3.63, 3.8) is 0 Å². The normalized spacial score (nSPS) is 49.2. The second-order valence-corrected chi connectivity index (χ2v) is 13.5. The van der Waals surface area contributed by atoms with Crippen LogP contribution in [0.15, 0.2) is 0 Å². The van der Waals surface area contributed by atoms with E-state index in [2.05, 4.69) is 48.5 Å². The maximum absolute atomic E-state index is 2.76. The molecule has 4 saturated carbocycles. The molecule has 0 spiro atoms. The van der Waals surface area contributed by atoms with Gasteiger partial charge in [-0.05, 0) is 115 Å². The van der Waals surface area contributed by atoms with E-state index >= 15 is 0 Å². The van der Waals surface area contributed by atoms with Crippen LogP contribution in [0, 0.1) is 64.1 Å². The highest BCUT2D eigenvalue weighted by Gasteiger charge is 2.60. The van der Waals surface area contributed by atoms with Gasteiger partial charge < -0.3 is 0 Å². The lowest BCUT2D eigenvalue weighted by Crippen LogP contribution is -2.53. The van der Waals surface area contributed by atoms with Crippen molar-refractivity contribution in [2.24, 2.45) is 64.1 Å². The van der Waals surface area contributed by atoms with Crippen LogP contribution in [-0.2, 0) is 0 Å². The third-order valence-electron chi connectivity index (χ3n) is 11.9. The van der Waals surface area contributed by atoms with Crippen molar-refractivity contribution in [3.05, 3.63) is 0 Å².